The SMILES string of the molecule is C[C@H](NC(=O)c1cc(-c2ccccc2O)on1)c1ccccc1. The van der Waals surface area contributed by atoms with Gasteiger partial charge in [0.1, 0.15) is 5.75 Å². The number of hydrogen-bond donors (Lipinski definition) is 2. The average Bonchev–Trinajstić information content (AvgIpc) is 3.06. The standard InChI is InChI=1S/C18H16N2O3/c1-12(13-7-3-2-4-8-13)19-18(22)15-11-17(23-20-15)14-9-5-6-10-16(14)21/h2-12,21H,1H3,(H,19,22)/t12-/m0/s1. The molecule has 0 aliphatic heterocycles. The van der Waals surface area contributed by atoms with Crippen LogP contribution in [0.1, 0.15) is 29.0 Å². The number of hydrogen-bond acceptors (Lipinski definition) is 4. The third kappa shape index (κ3) is 3.23. The van der Waals surface area contributed by atoms with Gasteiger partial charge in [0.05, 0.1) is 11.6 Å². The molecule has 0 saturated carbocycles. The van der Waals surface area contributed by atoms with E-state index in [4.69, 9.17) is 4.52 Å². The summed E-state index contributed by atoms with van der Waals surface area (Å²) in [6, 6.07) is 17.8. The quantitative estimate of drug-likeness (QED) is 0.773. The van der Waals surface area contributed by atoms with E-state index in [1.807, 2.05) is 37.3 Å². The van der Waals surface area contributed by atoms with Gasteiger partial charge < -0.3 is 14.9 Å². The van der Waals surface area contributed by atoms with Gasteiger partial charge in [-0.15, -0.1) is 0 Å². The lowest BCUT2D eigenvalue weighted by Gasteiger charge is -2.12. The van der Waals surface area contributed by atoms with Crippen LogP contribution in [0.3, 0.4) is 0 Å². The van der Waals surface area contributed by atoms with Crippen LogP contribution in [-0.2, 0) is 0 Å². The zero-order valence-corrected chi connectivity index (χ0v) is 12.6. The van der Waals surface area contributed by atoms with Gasteiger partial charge in [-0.05, 0) is 24.6 Å². The van der Waals surface area contributed by atoms with E-state index in [9.17, 15) is 9.90 Å². The molecule has 23 heavy (non-hydrogen) atoms. The summed E-state index contributed by atoms with van der Waals surface area (Å²) in [6.07, 6.45) is 0. The second kappa shape index (κ2) is 6.36. The van der Waals surface area contributed by atoms with Crippen molar-refractivity contribution >= 4 is 5.91 Å². The fraction of sp³-hybridized carbons (Fsp3) is 0.111. The first-order valence-electron chi connectivity index (χ1n) is 7.26. The minimum Gasteiger partial charge on any atom is -0.507 e. The molecule has 0 unspecified atom stereocenters. The van der Waals surface area contributed by atoms with Gasteiger partial charge >= 0.3 is 0 Å². The molecular formula is C18H16N2O3. The maximum absolute atomic E-state index is 12.3. The van der Waals surface area contributed by atoms with Gasteiger partial charge in [-0.2, -0.15) is 0 Å². The Morgan fingerprint density at radius 1 is 1.13 bits per heavy atom. The maximum atomic E-state index is 12.3. The van der Waals surface area contributed by atoms with Crippen LogP contribution in [0.2, 0.25) is 0 Å². The average molecular weight is 308 g/mol. The summed E-state index contributed by atoms with van der Waals surface area (Å²) in [5.74, 6) is 0.0978. The Morgan fingerprint density at radius 2 is 1.83 bits per heavy atom. The van der Waals surface area contributed by atoms with E-state index in [1.165, 1.54) is 6.07 Å². The number of aromatic nitrogens is 1. The predicted molar refractivity (Wildman–Crippen MR) is 85.9 cm³/mol. The third-order valence-corrected chi connectivity index (χ3v) is 3.56. The normalized spacial score (nSPS) is 11.9. The Balaban J connectivity index is 1.75. The summed E-state index contributed by atoms with van der Waals surface area (Å²) in [4.78, 5) is 12.3. The van der Waals surface area contributed by atoms with Crippen LogP contribution < -0.4 is 5.32 Å². The van der Waals surface area contributed by atoms with E-state index < -0.39 is 0 Å². The first kappa shape index (κ1) is 14.8. The molecule has 1 atom stereocenters. The van der Waals surface area contributed by atoms with Crippen molar-refractivity contribution in [3.8, 4) is 17.1 Å². The molecule has 0 radical (unpaired) electrons. The number of nitrogens with one attached hydrogen (secondary N) is 1. The Kier molecular flexibility index (Phi) is 4.10. The maximum Gasteiger partial charge on any atom is 0.273 e. The van der Waals surface area contributed by atoms with E-state index in [-0.39, 0.29) is 23.4 Å². The highest BCUT2D eigenvalue weighted by Crippen LogP contribution is 2.29. The highest BCUT2D eigenvalue weighted by molar-refractivity contribution is 5.93. The Morgan fingerprint density at radius 3 is 2.57 bits per heavy atom. The Hall–Kier alpha value is -3.08. The van der Waals surface area contributed by atoms with Crippen LogP contribution in [0.25, 0.3) is 11.3 Å². The number of rotatable bonds is 4. The van der Waals surface area contributed by atoms with E-state index in [0.717, 1.165) is 5.56 Å². The molecule has 0 aliphatic carbocycles. The van der Waals surface area contributed by atoms with Crippen molar-refractivity contribution in [2.75, 3.05) is 0 Å². The first-order chi connectivity index (χ1) is 11.1. The molecule has 116 valence electrons. The number of carbonyl (C=O) groups is 1. The second-order valence-electron chi connectivity index (χ2n) is 5.20. The molecule has 5 heteroatoms. The largest absolute Gasteiger partial charge is 0.507 e. The number of para-hydroxylation sites is 1. The van der Waals surface area contributed by atoms with Gasteiger partial charge in [0.25, 0.3) is 5.91 Å². The summed E-state index contributed by atoms with van der Waals surface area (Å²) in [6.45, 7) is 1.90. The molecule has 3 rings (SSSR count). The van der Waals surface area contributed by atoms with Crippen LogP contribution in [-0.4, -0.2) is 16.2 Å². The van der Waals surface area contributed by atoms with Crippen molar-refractivity contribution in [3.05, 3.63) is 71.9 Å². The third-order valence-electron chi connectivity index (χ3n) is 3.56. The zero-order chi connectivity index (χ0) is 16.2. The van der Waals surface area contributed by atoms with E-state index in [0.29, 0.717) is 11.3 Å². The number of amides is 1. The van der Waals surface area contributed by atoms with Gasteiger partial charge in [-0.1, -0.05) is 47.6 Å². The molecule has 0 fully saturated rings. The minimum absolute atomic E-state index is 0.0771. The molecule has 0 saturated heterocycles. The first-order valence-corrected chi connectivity index (χ1v) is 7.26. The topological polar surface area (TPSA) is 75.4 Å². The highest BCUT2D eigenvalue weighted by atomic mass is 16.5. The number of nitrogens with zero attached hydrogens (tertiary/aromatic N) is 1. The highest BCUT2D eigenvalue weighted by Gasteiger charge is 2.17. The molecule has 1 heterocycles. The van der Waals surface area contributed by atoms with Gasteiger partial charge in [-0.3, -0.25) is 4.79 Å². The summed E-state index contributed by atoms with van der Waals surface area (Å²) < 4.78 is 5.17. The van der Waals surface area contributed by atoms with Crippen LogP contribution in [0.15, 0.2) is 65.2 Å². The number of benzene rings is 2. The molecule has 5 nitrogen and oxygen atoms in total. The van der Waals surface area contributed by atoms with E-state index in [2.05, 4.69) is 10.5 Å². The second-order valence-corrected chi connectivity index (χ2v) is 5.20. The van der Waals surface area contributed by atoms with Crippen molar-refractivity contribution in [2.24, 2.45) is 0 Å². The van der Waals surface area contributed by atoms with Gasteiger partial charge in [0.15, 0.2) is 11.5 Å². The Bertz CT molecular complexity index is 812. The molecule has 0 bridgehead atoms. The molecule has 2 N–H and O–H groups in total. The van der Waals surface area contributed by atoms with Crippen LogP contribution in [0.4, 0.5) is 0 Å². The van der Waals surface area contributed by atoms with Gasteiger partial charge in [0.2, 0.25) is 0 Å². The summed E-state index contributed by atoms with van der Waals surface area (Å²) in [7, 11) is 0. The number of phenolic OH excluding ortho intramolecular Hbond substituents is 1. The number of aromatic hydroxyl groups is 1. The van der Waals surface area contributed by atoms with Crippen molar-refractivity contribution in [2.45, 2.75) is 13.0 Å². The molecule has 1 aromatic heterocycles. The fourth-order valence-electron chi connectivity index (χ4n) is 2.29. The molecular weight excluding hydrogens is 292 g/mol. The summed E-state index contributed by atoms with van der Waals surface area (Å²) in [5.41, 5.74) is 1.67. The lowest BCUT2D eigenvalue weighted by molar-refractivity contribution is 0.0931. The summed E-state index contributed by atoms with van der Waals surface area (Å²) >= 11 is 0. The van der Waals surface area contributed by atoms with Gasteiger partial charge in [-0.25, -0.2) is 0 Å². The zero-order valence-electron chi connectivity index (χ0n) is 12.6. The Labute approximate surface area is 133 Å². The van der Waals surface area contributed by atoms with Crippen molar-refractivity contribution in [3.63, 3.8) is 0 Å². The van der Waals surface area contributed by atoms with E-state index in [1.54, 1.807) is 24.3 Å². The predicted octanol–water partition coefficient (Wildman–Crippen LogP) is 3.54. The lowest BCUT2D eigenvalue weighted by atomic mass is 10.1. The van der Waals surface area contributed by atoms with Crippen molar-refractivity contribution < 1.29 is 14.4 Å². The molecule has 2 aromatic carbocycles. The van der Waals surface area contributed by atoms with Gasteiger partial charge in [0, 0.05) is 6.07 Å². The minimum atomic E-state index is -0.327. The van der Waals surface area contributed by atoms with Crippen LogP contribution >= 0.6 is 0 Å². The molecule has 0 spiro atoms. The van der Waals surface area contributed by atoms with Crippen molar-refractivity contribution in [1.29, 1.82) is 0 Å². The lowest BCUT2D eigenvalue weighted by Crippen LogP contribution is -2.26. The molecule has 3 aromatic rings. The number of carbonyl (C=O) groups excluding carboxylic acids is 1. The fourth-order valence-corrected chi connectivity index (χ4v) is 2.29. The monoisotopic (exact) mass is 308 g/mol. The number of phenols is 1. The smallest absolute Gasteiger partial charge is 0.273 e. The summed E-state index contributed by atoms with van der Waals surface area (Å²) in [5, 5.41) is 16.5. The molecule has 1 amide bonds. The van der Waals surface area contributed by atoms with E-state index >= 15 is 0 Å². The van der Waals surface area contributed by atoms with Crippen LogP contribution in [0, 0.1) is 0 Å². The van der Waals surface area contributed by atoms with Crippen molar-refractivity contribution in [1.82, 2.24) is 10.5 Å². The molecule has 0 aliphatic rings. The van der Waals surface area contributed by atoms with Crippen LogP contribution in [0.5, 0.6) is 5.75 Å².